The minimum Gasteiger partial charge on any atom is -0.456 e. The number of aromatic nitrogens is 1. The van der Waals surface area contributed by atoms with Gasteiger partial charge in [-0.05, 0) is 51.4 Å². The van der Waals surface area contributed by atoms with Crippen LogP contribution in [-0.4, -0.2) is 28.8 Å². The maximum Gasteiger partial charge on any atom is 0.310 e. The summed E-state index contributed by atoms with van der Waals surface area (Å²) in [5.41, 5.74) is 1.99. The Hall–Kier alpha value is -2.37. The van der Waals surface area contributed by atoms with Crippen molar-refractivity contribution in [3.8, 4) is 0 Å². The molecule has 0 radical (unpaired) electrons. The summed E-state index contributed by atoms with van der Waals surface area (Å²) in [4.78, 5) is 4.41. The molecule has 2 heterocycles. The highest BCUT2D eigenvalue weighted by Crippen LogP contribution is 2.31. The van der Waals surface area contributed by atoms with E-state index in [2.05, 4.69) is 17.1 Å². The predicted molar refractivity (Wildman–Crippen MR) is 107 cm³/mol. The van der Waals surface area contributed by atoms with Gasteiger partial charge in [-0.25, -0.2) is 0 Å². The normalized spacial score (nSPS) is 13.0. The van der Waals surface area contributed by atoms with Crippen molar-refractivity contribution in [2.45, 2.75) is 38.9 Å². The minimum absolute atomic E-state index is 0.397. The molecule has 0 aliphatic heterocycles. The largest absolute Gasteiger partial charge is 0.456 e. The zero-order valence-corrected chi connectivity index (χ0v) is 15.5. The van der Waals surface area contributed by atoms with Crippen LogP contribution in [0.5, 0.6) is 0 Å². The fourth-order valence-electron chi connectivity index (χ4n) is 3.02. The summed E-state index contributed by atoms with van der Waals surface area (Å²) in [6.07, 6.45) is 1.79. The van der Waals surface area contributed by atoms with Crippen molar-refractivity contribution in [3.05, 3.63) is 48.7 Å². The van der Waals surface area contributed by atoms with Gasteiger partial charge in [-0.3, -0.25) is 4.98 Å². The van der Waals surface area contributed by atoms with E-state index in [0.717, 1.165) is 38.3 Å². The molecular weight excluding hydrogens is 325 g/mol. The van der Waals surface area contributed by atoms with Crippen LogP contribution in [0.1, 0.15) is 27.7 Å². The quantitative estimate of drug-likeness (QED) is 0.572. The second kappa shape index (κ2) is 5.83. The van der Waals surface area contributed by atoms with Crippen LogP contribution in [0.15, 0.2) is 53.1 Å². The third-order valence-corrected chi connectivity index (χ3v) is 5.37. The van der Waals surface area contributed by atoms with Crippen LogP contribution in [0.4, 0.5) is 0 Å². The lowest BCUT2D eigenvalue weighted by atomic mass is 9.80. The molecule has 1 N–H and O–H groups in total. The van der Waals surface area contributed by atoms with E-state index >= 15 is 0 Å². The minimum atomic E-state index is -0.943. The number of fused-ring (bicyclic) bond motifs is 4. The van der Waals surface area contributed by atoms with Gasteiger partial charge in [-0.2, -0.15) is 0 Å². The number of furan rings is 1. The fourth-order valence-corrected chi connectivity index (χ4v) is 3.02. The van der Waals surface area contributed by atoms with E-state index in [-0.39, 0.29) is 0 Å². The highest BCUT2D eigenvalue weighted by Gasteiger charge is 2.35. The van der Waals surface area contributed by atoms with Crippen LogP contribution < -0.4 is 5.46 Å². The topological polar surface area (TPSA) is 55.5 Å². The molecule has 4 nitrogen and oxygen atoms in total. The van der Waals surface area contributed by atoms with Gasteiger partial charge in [0.15, 0.2) is 0 Å². The molecule has 0 amide bonds. The Morgan fingerprint density at radius 3 is 2.62 bits per heavy atom. The zero-order valence-electron chi connectivity index (χ0n) is 15.5. The lowest BCUT2D eigenvalue weighted by molar-refractivity contribution is -0.0893. The van der Waals surface area contributed by atoms with Crippen molar-refractivity contribution < 1.29 is 14.2 Å². The molecule has 26 heavy (non-hydrogen) atoms. The molecule has 0 aliphatic rings. The van der Waals surface area contributed by atoms with E-state index in [4.69, 9.17) is 9.07 Å². The maximum atomic E-state index is 10.3. The molecule has 2 aromatic carbocycles. The first kappa shape index (κ1) is 17.1. The molecule has 4 rings (SSSR count). The van der Waals surface area contributed by atoms with Crippen molar-refractivity contribution >= 4 is 45.8 Å². The van der Waals surface area contributed by atoms with Gasteiger partial charge in [0.25, 0.3) is 0 Å². The number of hydrogen-bond acceptors (Lipinski definition) is 4. The van der Waals surface area contributed by atoms with Gasteiger partial charge in [0.2, 0.25) is 0 Å². The standard InChI is InChI=1S/C21H22BNO3/c1-20(2,24)21(3,4)26-22-15-8-5-9-17-19(15)14-11-13-7-6-10-23-16(13)12-18(14)25-17/h5-12,22,24H,1-4H3. The second-order valence-corrected chi connectivity index (χ2v) is 7.79. The lowest BCUT2D eigenvalue weighted by Gasteiger charge is -2.37. The summed E-state index contributed by atoms with van der Waals surface area (Å²) in [7, 11) is 0.397. The Kier molecular flexibility index (Phi) is 3.83. The van der Waals surface area contributed by atoms with Crippen molar-refractivity contribution in [2.75, 3.05) is 0 Å². The van der Waals surface area contributed by atoms with Crippen LogP contribution in [0, 0.1) is 0 Å². The zero-order chi connectivity index (χ0) is 18.5. The monoisotopic (exact) mass is 347 g/mol. The summed E-state index contributed by atoms with van der Waals surface area (Å²) in [5, 5.41) is 13.5. The first-order valence-corrected chi connectivity index (χ1v) is 8.81. The second-order valence-electron chi connectivity index (χ2n) is 7.79. The van der Waals surface area contributed by atoms with Gasteiger partial charge < -0.3 is 14.2 Å². The van der Waals surface area contributed by atoms with Crippen molar-refractivity contribution in [2.24, 2.45) is 0 Å². The maximum absolute atomic E-state index is 10.3. The SMILES string of the molecule is CC(C)(O)C(C)(C)OBc1cccc2oc3cc4ncccc4cc3c12. The highest BCUT2D eigenvalue weighted by atomic mass is 16.5. The third-order valence-electron chi connectivity index (χ3n) is 5.37. The first-order valence-electron chi connectivity index (χ1n) is 8.81. The summed E-state index contributed by atoms with van der Waals surface area (Å²) in [6, 6.07) is 14.1. The highest BCUT2D eigenvalue weighted by molar-refractivity contribution is 6.53. The van der Waals surface area contributed by atoms with Crippen LogP contribution >= 0.6 is 0 Å². The number of aliphatic hydroxyl groups is 1. The van der Waals surface area contributed by atoms with Crippen LogP contribution in [-0.2, 0) is 4.65 Å². The van der Waals surface area contributed by atoms with Crippen molar-refractivity contribution in [1.82, 2.24) is 4.98 Å². The lowest BCUT2D eigenvalue weighted by Crippen LogP contribution is -2.49. The number of nitrogens with zero attached hydrogens (tertiary/aromatic N) is 1. The van der Waals surface area contributed by atoms with Gasteiger partial charge in [-0.15, -0.1) is 0 Å². The number of benzene rings is 2. The van der Waals surface area contributed by atoms with E-state index in [1.54, 1.807) is 20.0 Å². The molecule has 4 aromatic rings. The molecule has 0 aliphatic carbocycles. The molecule has 0 atom stereocenters. The van der Waals surface area contributed by atoms with E-state index in [0.29, 0.717) is 7.48 Å². The Bertz CT molecular complexity index is 1110. The summed E-state index contributed by atoms with van der Waals surface area (Å²) in [6.45, 7) is 7.33. The molecule has 0 unspecified atom stereocenters. The number of pyridine rings is 1. The van der Waals surface area contributed by atoms with Gasteiger partial charge >= 0.3 is 7.48 Å². The molecular formula is C21H22BNO3. The Morgan fingerprint density at radius 2 is 1.85 bits per heavy atom. The molecule has 0 spiro atoms. The van der Waals surface area contributed by atoms with Crippen molar-refractivity contribution in [3.63, 3.8) is 0 Å². The molecule has 2 aromatic heterocycles. The molecule has 0 saturated heterocycles. The summed E-state index contributed by atoms with van der Waals surface area (Å²) >= 11 is 0. The van der Waals surface area contributed by atoms with E-state index in [1.165, 1.54) is 0 Å². The Labute approximate surface area is 153 Å². The van der Waals surface area contributed by atoms with E-state index in [1.807, 2.05) is 44.2 Å². The molecule has 5 heteroatoms. The van der Waals surface area contributed by atoms with Crippen LogP contribution in [0.3, 0.4) is 0 Å². The van der Waals surface area contributed by atoms with E-state index < -0.39 is 11.2 Å². The van der Waals surface area contributed by atoms with Crippen LogP contribution in [0.25, 0.3) is 32.8 Å². The third kappa shape index (κ3) is 2.77. The molecule has 0 saturated carbocycles. The van der Waals surface area contributed by atoms with Gasteiger partial charge in [0.05, 0.1) is 16.7 Å². The molecule has 0 bridgehead atoms. The van der Waals surface area contributed by atoms with Crippen LogP contribution in [0.2, 0.25) is 0 Å². The Morgan fingerprint density at radius 1 is 1.04 bits per heavy atom. The fraction of sp³-hybridized carbons (Fsp3) is 0.286. The van der Waals surface area contributed by atoms with E-state index in [9.17, 15) is 5.11 Å². The molecule has 0 fully saturated rings. The average molecular weight is 347 g/mol. The number of rotatable bonds is 4. The van der Waals surface area contributed by atoms with Gasteiger partial charge in [-0.1, -0.05) is 18.2 Å². The predicted octanol–water partition coefficient (Wildman–Crippen LogP) is 3.68. The Balaban J connectivity index is 1.84. The van der Waals surface area contributed by atoms with Crippen molar-refractivity contribution in [1.29, 1.82) is 0 Å². The summed E-state index contributed by atoms with van der Waals surface area (Å²) < 4.78 is 12.1. The smallest absolute Gasteiger partial charge is 0.310 e. The summed E-state index contributed by atoms with van der Waals surface area (Å²) in [5.74, 6) is 0. The van der Waals surface area contributed by atoms with Gasteiger partial charge in [0, 0.05) is 28.4 Å². The first-order chi connectivity index (χ1) is 12.3. The van der Waals surface area contributed by atoms with Gasteiger partial charge in [0.1, 0.15) is 11.2 Å². The average Bonchev–Trinajstić information content (AvgIpc) is 2.95. The molecule has 132 valence electrons. The number of hydrogen-bond donors (Lipinski definition) is 1.